The number of nitrogens with one attached hydrogen (secondary N) is 1. The summed E-state index contributed by atoms with van der Waals surface area (Å²) in [6.07, 6.45) is -0.413. The van der Waals surface area contributed by atoms with Crippen LogP contribution in [0.5, 0.6) is 0 Å². The lowest BCUT2D eigenvalue weighted by atomic mass is 10.1. The zero-order valence-corrected chi connectivity index (χ0v) is 9.99. The summed E-state index contributed by atoms with van der Waals surface area (Å²) in [4.78, 5) is 1.93. The molecule has 0 aliphatic carbocycles. The quantitative estimate of drug-likeness (QED) is 0.526. The van der Waals surface area contributed by atoms with Gasteiger partial charge in [0.05, 0.1) is 11.8 Å². The molecule has 0 aliphatic rings. The smallest absolute Gasteiger partial charge is 0.124 e. The van der Waals surface area contributed by atoms with E-state index in [1.165, 1.54) is 0 Å². The fourth-order valence-electron chi connectivity index (χ4n) is 1.87. The summed E-state index contributed by atoms with van der Waals surface area (Å²) >= 11 is 0. The van der Waals surface area contributed by atoms with E-state index in [1.54, 1.807) is 6.92 Å². The van der Waals surface area contributed by atoms with Gasteiger partial charge in [-0.05, 0) is 25.5 Å². The van der Waals surface area contributed by atoms with Gasteiger partial charge in [0.15, 0.2) is 0 Å². The molecule has 4 heteroatoms. The van der Waals surface area contributed by atoms with Crippen molar-refractivity contribution in [2.24, 2.45) is 5.73 Å². The van der Waals surface area contributed by atoms with Gasteiger partial charge in [-0.25, -0.2) is 0 Å². The second kappa shape index (κ2) is 4.99. The molecule has 0 heterocycles. The first-order valence-electron chi connectivity index (χ1n) is 5.26. The third-order valence-corrected chi connectivity index (χ3v) is 2.45. The molecule has 0 saturated heterocycles. The molecule has 1 unspecified atom stereocenters. The molecule has 1 aromatic carbocycles. The number of para-hydroxylation sites is 1. The molecule has 0 spiro atoms. The monoisotopic (exact) mass is 221 g/mol. The average Bonchev–Trinajstić information content (AvgIpc) is 2.15. The molecule has 1 aromatic rings. The second-order valence-corrected chi connectivity index (χ2v) is 4.11. The van der Waals surface area contributed by atoms with Crippen molar-refractivity contribution >= 4 is 11.5 Å². The summed E-state index contributed by atoms with van der Waals surface area (Å²) in [6, 6.07) is 5.68. The third kappa shape index (κ3) is 2.73. The molecule has 1 rings (SSSR count). The van der Waals surface area contributed by atoms with Crippen LogP contribution in [0.3, 0.4) is 0 Å². The van der Waals surface area contributed by atoms with Crippen LogP contribution >= 0.6 is 0 Å². The number of nitrogens with zero attached hydrogens (tertiary/aromatic N) is 1. The van der Waals surface area contributed by atoms with Gasteiger partial charge in [0, 0.05) is 19.2 Å². The lowest BCUT2D eigenvalue weighted by Gasteiger charge is -2.25. The number of hydrogen-bond acceptors (Lipinski definition) is 3. The van der Waals surface area contributed by atoms with Crippen LogP contribution in [0, 0.1) is 12.3 Å². The van der Waals surface area contributed by atoms with Gasteiger partial charge < -0.3 is 15.7 Å². The Morgan fingerprint density at radius 1 is 1.56 bits per heavy atom. The SMILES string of the molecule is Cc1cccc(C(=N)N)c1N(C)CC(C)O. The fraction of sp³-hybridized carbons (Fsp3) is 0.417. The summed E-state index contributed by atoms with van der Waals surface area (Å²) in [7, 11) is 1.89. The highest BCUT2D eigenvalue weighted by Gasteiger charge is 2.13. The van der Waals surface area contributed by atoms with Crippen molar-refractivity contribution in [3.05, 3.63) is 29.3 Å². The van der Waals surface area contributed by atoms with Gasteiger partial charge in [0.25, 0.3) is 0 Å². The normalized spacial score (nSPS) is 12.2. The molecule has 0 aromatic heterocycles. The fourth-order valence-corrected chi connectivity index (χ4v) is 1.87. The number of nitrogens with two attached hydrogens (primary N) is 1. The Balaban J connectivity index is 3.14. The van der Waals surface area contributed by atoms with Gasteiger partial charge in [0.2, 0.25) is 0 Å². The number of likely N-dealkylation sites (N-methyl/N-ethyl adjacent to an activating group) is 1. The number of aryl methyl sites for hydroxylation is 1. The highest BCUT2D eigenvalue weighted by atomic mass is 16.3. The number of amidine groups is 1. The molecule has 0 amide bonds. The first-order valence-corrected chi connectivity index (χ1v) is 5.26. The summed E-state index contributed by atoms with van der Waals surface area (Å²) in [5.74, 6) is 0.0520. The van der Waals surface area contributed by atoms with Crippen molar-refractivity contribution in [3.63, 3.8) is 0 Å². The third-order valence-electron chi connectivity index (χ3n) is 2.45. The molecular weight excluding hydrogens is 202 g/mol. The minimum Gasteiger partial charge on any atom is -0.392 e. The maximum atomic E-state index is 9.38. The Bertz CT molecular complexity index is 388. The van der Waals surface area contributed by atoms with E-state index in [-0.39, 0.29) is 5.84 Å². The lowest BCUT2D eigenvalue weighted by molar-refractivity contribution is 0.201. The van der Waals surface area contributed by atoms with Crippen molar-refractivity contribution in [2.75, 3.05) is 18.5 Å². The molecule has 1 atom stereocenters. The van der Waals surface area contributed by atoms with Crippen molar-refractivity contribution in [1.82, 2.24) is 0 Å². The van der Waals surface area contributed by atoms with Gasteiger partial charge in [-0.2, -0.15) is 0 Å². The molecule has 4 N–H and O–H groups in total. The van der Waals surface area contributed by atoms with Gasteiger partial charge >= 0.3 is 0 Å². The minimum absolute atomic E-state index is 0.0520. The average molecular weight is 221 g/mol. The Labute approximate surface area is 96.2 Å². The maximum Gasteiger partial charge on any atom is 0.124 e. The van der Waals surface area contributed by atoms with Crippen LogP contribution < -0.4 is 10.6 Å². The van der Waals surface area contributed by atoms with E-state index in [0.717, 1.165) is 11.3 Å². The van der Waals surface area contributed by atoms with Gasteiger partial charge in [-0.1, -0.05) is 12.1 Å². The number of aliphatic hydroxyl groups excluding tert-OH is 1. The molecule has 16 heavy (non-hydrogen) atoms. The Morgan fingerprint density at radius 3 is 2.69 bits per heavy atom. The standard InChI is InChI=1S/C12H19N3O/c1-8-5-4-6-10(12(13)14)11(8)15(3)7-9(2)16/h4-6,9,16H,7H2,1-3H3,(H3,13,14). The first kappa shape index (κ1) is 12.5. The first-order chi connectivity index (χ1) is 7.43. The van der Waals surface area contributed by atoms with E-state index in [4.69, 9.17) is 11.1 Å². The van der Waals surface area contributed by atoms with E-state index in [0.29, 0.717) is 12.1 Å². The highest BCUT2D eigenvalue weighted by Crippen LogP contribution is 2.23. The zero-order chi connectivity index (χ0) is 12.3. The van der Waals surface area contributed by atoms with Crippen LogP contribution in [0.15, 0.2) is 18.2 Å². The summed E-state index contributed by atoms with van der Waals surface area (Å²) in [6.45, 7) is 4.23. The van der Waals surface area contributed by atoms with Gasteiger partial charge in [-0.3, -0.25) is 5.41 Å². The maximum absolute atomic E-state index is 9.38. The number of anilines is 1. The number of hydrogen-bond donors (Lipinski definition) is 3. The predicted molar refractivity (Wildman–Crippen MR) is 67.1 cm³/mol. The van der Waals surface area contributed by atoms with Crippen molar-refractivity contribution in [1.29, 1.82) is 5.41 Å². The second-order valence-electron chi connectivity index (χ2n) is 4.11. The zero-order valence-electron chi connectivity index (χ0n) is 9.99. The van der Waals surface area contributed by atoms with Crippen LogP contribution in [0.1, 0.15) is 18.1 Å². The Kier molecular flexibility index (Phi) is 3.90. The molecule has 0 saturated carbocycles. The molecule has 88 valence electrons. The van der Waals surface area contributed by atoms with Gasteiger partial charge in [0.1, 0.15) is 5.84 Å². The molecule has 0 radical (unpaired) electrons. The van der Waals surface area contributed by atoms with E-state index in [9.17, 15) is 5.11 Å². The largest absolute Gasteiger partial charge is 0.392 e. The summed E-state index contributed by atoms with van der Waals surface area (Å²) < 4.78 is 0. The molecular formula is C12H19N3O. The van der Waals surface area contributed by atoms with Crippen LogP contribution in [0.25, 0.3) is 0 Å². The van der Waals surface area contributed by atoms with Crippen LogP contribution in [0.4, 0.5) is 5.69 Å². The van der Waals surface area contributed by atoms with Gasteiger partial charge in [-0.15, -0.1) is 0 Å². The summed E-state index contributed by atoms with van der Waals surface area (Å²) in [5, 5.41) is 16.9. The predicted octanol–water partition coefficient (Wildman–Crippen LogP) is 1.10. The highest BCUT2D eigenvalue weighted by molar-refractivity contribution is 6.01. The number of rotatable bonds is 4. The Morgan fingerprint density at radius 2 is 2.19 bits per heavy atom. The van der Waals surface area contributed by atoms with Crippen molar-refractivity contribution < 1.29 is 5.11 Å². The van der Waals surface area contributed by atoms with E-state index in [1.807, 2.05) is 37.1 Å². The number of nitrogen functional groups attached to an aromatic ring is 1. The van der Waals surface area contributed by atoms with Crippen LogP contribution in [-0.2, 0) is 0 Å². The molecule has 0 fully saturated rings. The van der Waals surface area contributed by atoms with E-state index in [2.05, 4.69) is 0 Å². The van der Waals surface area contributed by atoms with E-state index >= 15 is 0 Å². The van der Waals surface area contributed by atoms with E-state index < -0.39 is 6.10 Å². The van der Waals surface area contributed by atoms with Crippen molar-refractivity contribution in [3.8, 4) is 0 Å². The molecule has 0 aliphatic heterocycles. The van der Waals surface area contributed by atoms with Crippen LogP contribution in [0.2, 0.25) is 0 Å². The minimum atomic E-state index is -0.413. The topological polar surface area (TPSA) is 73.3 Å². The van der Waals surface area contributed by atoms with Crippen molar-refractivity contribution in [2.45, 2.75) is 20.0 Å². The summed E-state index contributed by atoms with van der Waals surface area (Å²) in [5.41, 5.74) is 8.22. The number of benzene rings is 1. The van der Waals surface area contributed by atoms with Crippen LogP contribution in [-0.4, -0.2) is 30.6 Å². The lowest BCUT2D eigenvalue weighted by Crippen LogP contribution is -2.29. The Hall–Kier alpha value is -1.55. The molecule has 0 bridgehead atoms. The molecule has 4 nitrogen and oxygen atoms in total. The number of aliphatic hydroxyl groups is 1.